The first-order chi connectivity index (χ1) is 15.6. The lowest BCUT2D eigenvalue weighted by atomic mass is 9.77. The second-order valence-corrected chi connectivity index (χ2v) is 7.63. The number of phenols is 3. The average molecular weight is 448 g/mol. The van der Waals surface area contributed by atoms with E-state index in [2.05, 4.69) is 0 Å². The number of hydrogen-bond acceptors (Lipinski definition) is 8. The van der Waals surface area contributed by atoms with Gasteiger partial charge in [-0.15, -0.1) is 0 Å². The number of rotatable bonds is 4. The van der Waals surface area contributed by atoms with Gasteiger partial charge in [-0.3, -0.25) is 14.4 Å². The summed E-state index contributed by atoms with van der Waals surface area (Å²) in [6.07, 6.45) is 0. The molecule has 8 heteroatoms. The maximum absolute atomic E-state index is 13.6. The highest BCUT2D eigenvalue weighted by atomic mass is 16.5. The molecule has 3 aromatic carbocycles. The first-order valence-corrected chi connectivity index (χ1v) is 9.91. The Hall–Kier alpha value is -4.33. The molecule has 0 amide bonds. The number of hydrogen-bond donors (Lipinski definition) is 3. The number of methoxy groups -OCH3 is 2. The third-order valence-corrected chi connectivity index (χ3v) is 5.74. The van der Waals surface area contributed by atoms with Gasteiger partial charge in [0.1, 0.15) is 34.3 Å². The van der Waals surface area contributed by atoms with E-state index in [1.165, 1.54) is 51.5 Å². The van der Waals surface area contributed by atoms with E-state index in [0.29, 0.717) is 5.56 Å². The molecular formula is C25H20O8. The first kappa shape index (κ1) is 21.9. The third-order valence-electron chi connectivity index (χ3n) is 5.74. The molecular weight excluding hydrogens is 428 g/mol. The number of aryl methyl sites for hydroxylation is 1. The van der Waals surface area contributed by atoms with Gasteiger partial charge in [0.2, 0.25) is 5.78 Å². The van der Waals surface area contributed by atoms with Crippen LogP contribution in [0.25, 0.3) is 11.1 Å². The van der Waals surface area contributed by atoms with Crippen LogP contribution in [-0.4, -0.2) is 46.9 Å². The first-order valence-electron chi connectivity index (χ1n) is 9.91. The van der Waals surface area contributed by atoms with Crippen LogP contribution in [0.15, 0.2) is 30.3 Å². The van der Waals surface area contributed by atoms with Crippen molar-refractivity contribution in [2.24, 2.45) is 0 Å². The lowest BCUT2D eigenvalue weighted by molar-refractivity contribution is 0.0974. The van der Waals surface area contributed by atoms with E-state index < -0.39 is 28.8 Å². The number of carbonyl (C=O) groups excluding carboxylic acids is 3. The smallest absolute Gasteiger partial charge is 0.201 e. The minimum atomic E-state index is -0.741. The molecule has 0 aromatic heterocycles. The maximum atomic E-state index is 13.6. The highest BCUT2D eigenvalue weighted by Crippen LogP contribution is 2.50. The van der Waals surface area contributed by atoms with Crippen molar-refractivity contribution in [2.45, 2.75) is 13.8 Å². The van der Waals surface area contributed by atoms with Gasteiger partial charge in [-0.25, -0.2) is 0 Å². The van der Waals surface area contributed by atoms with Gasteiger partial charge in [-0.05, 0) is 31.5 Å². The fourth-order valence-corrected chi connectivity index (χ4v) is 4.33. The molecule has 168 valence electrons. The Bertz CT molecular complexity index is 1380. The molecule has 3 N–H and O–H groups in total. The molecule has 0 spiro atoms. The van der Waals surface area contributed by atoms with E-state index in [0.717, 1.165) is 0 Å². The lowest BCUT2D eigenvalue weighted by Gasteiger charge is -2.25. The Labute approximate surface area is 188 Å². The molecule has 1 aliphatic carbocycles. The van der Waals surface area contributed by atoms with Crippen LogP contribution in [0.4, 0.5) is 0 Å². The molecule has 0 saturated carbocycles. The topological polar surface area (TPSA) is 130 Å². The number of ketones is 3. The zero-order valence-corrected chi connectivity index (χ0v) is 18.3. The highest BCUT2D eigenvalue weighted by Gasteiger charge is 2.38. The Morgan fingerprint density at radius 1 is 0.788 bits per heavy atom. The molecule has 0 fully saturated rings. The Balaban J connectivity index is 2.18. The molecule has 4 rings (SSSR count). The van der Waals surface area contributed by atoms with E-state index >= 15 is 0 Å². The van der Waals surface area contributed by atoms with Gasteiger partial charge in [-0.1, -0.05) is 12.1 Å². The van der Waals surface area contributed by atoms with Crippen LogP contribution in [0.1, 0.15) is 54.7 Å². The van der Waals surface area contributed by atoms with Crippen molar-refractivity contribution in [3.8, 4) is 39.9 Å². The zero-order valence-electron chi connectivity index (χ0n) is 18.3. The van der Waals surface area contributed by atoms with E-state index in [4.69, 9.17) is 9.47 Å². The molecule has 0 radical (unpaired) electrons. The maximum Gasteiger partial charge on any atom is 0.201 e. The molecule has 0 bridgehead atoms. The number of aromatic hydroxyl groups is 3. The van der Waals surface area contributed by atoms with E-state index in [1.54, 1.807) is 6.92 Å². The largest absolute Gasteiger partial charge is 0.507 e. The van der Waals surface area contributed by atoms with Gasteiger partial charge in [0.05, 0.1) is 30.9 Å². The van der Waals surface area contributed by atoms with Crippen LogP contribution < -0.4 is 9.47 Å². The van der Waals surface area contributed by atoms with Gasteiger partial charge in [0.15, 0.2) is 11.6 Å². The Morgan fingerprint density at radius 2 is 1.45 bits per heavy atom. The fourth-order valence-electron chi connectivity index (χ4n) is 4.33. The summed E-state index contributed by atoms with van der Waals surface area (Å²) in [7, 11) is 2.67. The molecule has 1 aliphatic rings. The average Bonchev–Trinajstić information content (AvgIpc) is 2.76. The number of fused-ring (bicyclic) bond motifs is 2. The van der Waals surface area contributed by atoms with Gasteiger partial charge in [0.25, 0.3) is 0 Å². The van der Waals surface area contributed by atoms with E-state index in [1.807, 2.05) is 0 Å². The summed E-state index contributed by atoms with van der Waals surface area (Å²) in [6.45, 7) is 2.84. The molecule has 0 unspecified atom stereocenters. The van der Waals surface area contributed by atoms with Crippen molar-refractivity contribution in [3.63, 3.8) is 0 Å². The number of benzene rings is 3. The van der Waals surface area contributed by atoms with Gasteiger partial charge < -0.3 is 24.8 Å². The van der Waals surface area contributed by atoms with Crippen LogP contribution >= 0.6 is 0 Å². The lowest BCUT2D eigenvalue weighted by Crippen LogP contribution is -2.23. The van der Waals surface area contributed by atoms with Crippen molar-refractivity contribution >= 4 is 17.3 Å². The van der Waals surface area contributed by atoms with Crippen molar-refractivity contribution in [1.82, 2.24) is 0 Å². The van der Waals surface area contributed by atoms with Crippen molar-refractivity contribution < 1.29 is 39.2 Å². The molecule has 0 aliphatic heterocycles. The SMILES string of the molecule is COc1cc(OC)c(-c2c(C)cc(O)c3c2C(=O)c2cccc(O)c2C3=O)c(O)c1C(C)=O. The summed E-state index contributed by atoms with van der Waals surface area (Å²) in [6, 6.07) is 6.78. The van der Waals surface area contributed by atoms with Crippen molar-refractivity contribution in [2.75, 3.05) is 14.2 Å². The van der Waals surface area contributed by atoms with Crippen LogP contribution in [0.3, 0.4) is 0 Å². The second kappa shape index (κ2) is 7.67. The standard InChI is InChI=1S/C25H20O8/c1-10-8-14(28)20-22(23(29)12-6-5-7-13(27)19(12)25(20)31)17(10)21-16(33-4)9-15(32-3)18(11(2)26)24(21)30/h5-9,27-28,30H,1-4H3. The Morgan fingerprint density at radius 3 is 2.06 bits per heavy atom. The molecule has 0 heterocycles. The molecule has 33 heavy (non-hydrogen) atoms. The Kier molecular flexibility index (Phi) is 5.08. The highest BCUT2D eigenvalue weighted by molar-refractivity contribution is 6.32. The van der Waals surface area contributed by atoms with Crippen molar-refractivity contribution in [1.29, 1.82) is 0 Å². The monoisotopic (exact) mass is 448 g/mol. The predicted molar refractivity (Wildman–Crippen MR) is 118 cm³/mol. The summed E-state index contributed by atoms with van der Waals surface area (Å²) >= 11 is 0. The summed E-state index contributed by atoms with van der Waals surface area (Å²) in [5.74, 6) is -3.02. The minimum Gasteiger partial charge on any atom is -0.507 e. The number of phenolic OH excluding ortho intramolecular Hbond substituents is 3. The molecule has 0 saturated heterocycles. The molecule has 0 atom stereocenters. The van der Waals surface area contributed by atoms with Crippen molar-refractivity contribution in [3.05, 3.63) is 63.7 Å². The van der Waals surface area contributed by atoms with Gasteiger partial charge in [0, 0.05) is 22.8 Å². The zero-order chi connectivity index (χ0) is 24.2. The van der Waals surface area contributed by atoms with Crippen LogP contribution in [-0.2, 0) is 0 Å². The van der Waals surface area contributed by atoms with Crippen LogP contribution in [0.2, 0.25) is 0 Å². The summed E-state index contributed by atoms with van der Waals surface area (Å²) in [4.78, 5) is 39.1. The second-order valence-electron chi connectivity index (χ2n) is 7.63. The van der Waals surface area contributed by atoms with E-state index in [9.17, 15) is 29.7 Å². The fraction of sp³-hybridized carbons (Fsp3) is 0.160. The number of ether oxygens (including phenoxy) is 2. The number of carbonyl (C=O) groups is 3. The third kappa shape index (κ3) is 3.02. The van der Waals surface area contributed by atoms with Crippen LogP contribution in [0.5, 0.6) is 28.7 Å². The van der Waals surface area contributed by atoms with Crippen LogP contribution in [0, 0.1) is 6.92 Å². The van der Waals surface area contributed by atoms with E-state index in [-0.39, 0.29) is 56.2 Å². The quantitative estimate of drug-likeness (QED) is 0.402. The summed E-state index contributed by atoms with van der Waals surface area (Å²) in [5, 5.41) is 32.0. The molecule has 8 nitrogen and oxygen atoms in total. The minimum absolute atomic E-state index is 0.00185. The van der Waals surface area contributed by atoms with Gasteiger partial charge >= 0.3 is 0 Å². The molecule has 3 aromatic rings. The predicted octanol–water partition coefficient (Wildman–Crippen LogP) is 3.77. The summed E-state index contributed by atoms with van der Waals surface area (Å²) in [5.41, 5.74) is -0.379. The van der Waals surface area contributed by atoms with Gasteiger partial charge in [-0.2, -0.15) is 0 Å². The normalized spacial score (nSPS) is 12.2. The number of Topliss-reactive ketones (excluding diaryl/α,β-unsaturated/α-hetero) is 1. The summed E-state index contributed by atoms with van der Waals surface area (Å²) < 4.78 is 10.7.